The van der Waals surface area contributed by atoms with Crippen LogP contribution < -0.4 is 0 Å². The van der Waals surface area contributed by atoms with Gasteiger partial charge in [-0.1, -0.05) is 34.6 Å². The predicted octanol–water partition coefficient (Wildman–Crippen LogP) is 7.53. The fourth-order valence-electron chi connectivity index (χ4n) is 14.0. The van der Waals surface area contributed by atoms with E-state index in [0.29, 0.717) is 47.0 Å². The number of nitrogens with zero attached hydrogens (tertiary/aromatic N) is 2. The summed E-state index contributed by atoms with van der Waals surface area (Å²) in [4.78, 5) is 5.23. The van der Waals surface area contributed by atoms with Gasteiger partial charge in [-0.2, -0.15) is 0 Å². The van der Waals surface area contributed by atoms with Gasteiger partial charge in [-0.3, -0.25) is 9.80 Å². The Labute approximate surface area is 299 Å². The summed E-state index contributed by atoms with van der Waals surface area (Å²) in [7, 11) is 0. The average molecular weight is 687 g/mol. The number of aliphatic hydroxyl groups is 1. The van der Waals surface area contributed by atoms with Crippen LogP contribution in [0.2, 0.25) is 0 Å². The normalized spacial score (nSPS) is 47.0. The zero-order valence-corrected chi connectivity index (χ0v) is 33.1. The van der Waals surface area contributed by atoms with Crippen LogP contribution in [-0.4, -0.2) is 103 Å². The summed E-state index contributed by atoms with van der Waals surface area (Å²) < 4.78 is 26.4. The Kier molecular flexibility index (Phi) is 10.0. The Morgan fingerprint density at radius 3 is 2.33 bits per heavy atom. The van der Waals surface area contributed by atoms with Crippen molar-refractivity contribution < 1.29 is 24.1 Å². The van der Waals surface area contributed by atoms with Crippen molar-refractivity contribution in [1.82, 2.24) is 9.80 Å². The van der Waals surface area contributed by atoms with Crippen molar-refractivity contribution in [3.8, 4) is 0 Å². The molecule has 0 aromatic heterocycles. The van der Waals surface area contributed by atoms with E-state index in [4.69, 9.17) is 18.9 Å². The largest absolute Gasteiger partial charge is 0.388 e. The topological polar surface area (TPSA) is 63.6 Å². The third kappa shape index (κ3) is 5.84. The monoisotopic (exact) mass is 687 g/mol. The van der Waals surface area contributed by atoms with E-state index in [0.717, 1.165) is 43.9 Å². The Balaban J connectivity index is 0.00000186. The number of fused-ring (bicyclic) bond motifs is 4. The van der Waals surface area contributed by atoms with Crippen LogP contribution in [0.4, 0.5) is 0 Å². The number of morpholine rings is 1. The van der Waals surface area contributed by atoms with Crippen LogP contribution in [0, 0.1) is 45.3 Å². The molecule has 3 aliphatic heterocycles. The number of ether oxygens (including phenoxy) is 4. The van der Waals surface area contributed by atoms with Gasteiger partial charge in [-0.15, -0.1) is 0 Å². The lowest BCUT2D eigenvalue weighted by molar-refractivity contribution is -0.250. The molecule has 12 unspecified atom stereocenters. The van der Waals surface area contributed by atoms with Crippen molar-refractivity contribution in [2.24, 2.45) is 45.3 Å². The second-order valence-corrected chi connectivity index (χ2v) is 19.5. The molecule has 0 aromatic carbocycles. The molecule has 3 heterocycles. The molecule has 7 nitrogen and oxygen atoms in total. The molecule has 5 saturated carbocycles. The van der Waals surface area contributed by atoms with Gasteiger partial charge in [-0.05, 0) is 144 Å². The highest BCUT2D eigenvalue weighted by Gasteiger charge is 2.80. The lowest BCUT2D eigenvalue weighted by atomic mass is 9.46. The molecular weight excluding hydrogens is 612 g/mol. The SMILES string of the molecule is CC.CCOC(C1CCC2C(CC3C4CCC5C(C)(C)C(OC6CN(C7CN(C(C)C)C7)CCO6)CCC56CC46CCC23C)O1)C(C)(C)O. The molecule has 8 aliphatic rings. The summed E-state index contributed by atoms with van der Waals surface area (Å²) in [6.45, 7) is 28.0. The molecule has 0 amide bonds. The van der Waals surface area contributed by atoms with E-state index in [1.807, 2.05) is 34.6 Å². The van der Waals surface area contributed by atoms with Crippen molar-refractivity contribution in [2.45, 2.75) is 182 Å². The summed E-state index contributed by atoms with van der Waals surface area (Å²) >= 11 is 0. The van der Waals surface area contributed by atoms with E-state index in [1.54, 1.807) is 0 Å². The molecule has 5 aliphatic carbocycles. The highest BCUT2D eigenvalue weighted by molar-refractivity contribution is 5.29. The zero-order chi connectivity index (χ0) is 35.1. The number of rotatable bonds is 8. The van der Waals surface area contributed by atoms with Gasteiger partial charge in [-0.25, -0.2) is 0 Å². The van der Waals surface area contributed by atoms with Gasteiger partial charge in [0.05, 0.1) is 30.5 Å². The first kappa shape index (κ1) is 37.1. The van der Waals surface area contributed by atoms with Crippen molar-refractivity contribution >= 4 is 0 Å². The van der Waals surface area contributed by atoms with Gasteiger partial charge in [0.15, 0.2) is 6.29 Å². The van der Waals surface area contributed by atoms with Crippen molar-refractivity contribution in [2.75, 3.05) is 39.4 Å². The highest BCUT2D eigenvalue weighted by atomic mass is 16.7. The van der Waals surface area contributed by atoms with E-state index in [-0.39, 0.29) is 30.0 Å². The molecule has 0 radical (unpaired) electrons. The van der Waals surface area contributed by atoms with Gasteiger partial charge in [0.2, 0.25) is 0 Å². The van der Waals surface area contributed by atoms with Gasteiger partial charge >= 0.3 is 0 Å². The first-order valence-corrected chi connectivity index (χ1v) is 21.0. The van der Waals surface area contributed by atoms with Crippen LogP contribution in [0.25, 0.3) is 0 Å². The van der Waals surface area contributed by atoms with E-state index < -0.39 is 5.60 Å². The van der Waals surface area contributed by atoms with Crippen molar-refractivity contribution in [1.29, 1.82) is 0 Å². The third-order valence-corrected chi connectivity index (χ3v) is 16.5. The Bertz CT molecular complexity index is 1170. The van der Waals surface area contributed by atoms with Crippen LogP contribution in [0.1, 0.15) is 133 Å². The molecule has 0 aromatic rings. The molecule has 49 heavy (non-hydrogen) atoms. The smallest absolute Gasteiger partial charge is 0.170 e. The fourth-order valence-corrected chi connectivity index (χ4v) is 14.0. The molecule has 2 spiro atoms. The lowest BCUT2D eigenvalue weighted by Crippen LogP contribution is -2.64. The number of likely N-dealkylation sites (tertiary alicyclic amines) is 1. The standard InChI is InChI=1S/C40H68N2O5.C2H6/c1-9-44-35(37(6,7)43)30-12-10-28-31(46-30)20-29-27-11-13-32-36(4,5)33(14-15-40(32)24-39(27,40)17-16-38(28,29)8)47-34-23-41(18-19-45-34)26-21-42(22-26)25(2)3;1-2/h25-35,43H,9-24H2,1-8H3;1-2H3. The van der Waals surface area contributed by atoms with E-state index in [1.165, 1.54) is 70.9 Å². The quantitative estimate of drug-likeness (QED) is 0.283. The fraction of sp³-hybridized carbons (Fsp3) is 1.00. The summed E-state index contributed by atoms with van der Waals surface area (Å²) in [6, 6.07) is 1.31. The van der Waals surface area contributed by atoms with E-state index in [2.05, 4.69) is 44.4 Å². The Hall–Kier alpha value is -0.280. The maximum Gasteiger partial charge on any atom is 0.170 e. The minimum atomic E-state index is -0.893. The van der Waals surface area contributed by atoms with Gasteiger partial charge < -0.3 is 24.1 Å². The summed E-state index contributed by atoms with van der Waals surface area (Å²) in [5.74, 6) is 3.03. The van der Waals surface area contributed by atoms with Gasteiger partial charge in [0, 0.05) is 44.9 Å². The van der Waals surface area contributed by atoms with Crippen LogP contribution in [0.15, 0.2) is 0 Å². The summed E-state index contributed by atoms with van der Waals surface area (Å²) in [5, 5.41) is 11.0. The Morgan fingerprint density at radius 1 is 0.898 bits per heavy atom. The van der Waals surface area contributed by atoms with Crippen LogP contribution in [0.3, 0.4) is 0 Å². The van der Waals surface area contributed by atoms with Crippen molar-refractivity contribution in [3.05, 3.63) is 0 Å². The molecular formula is C42H74N2O5. The first-order chi connectivity index (χ1) is 23.2. The Morgan fingerprint density at radius 2 is 1.63 bits per heavy atom. The average Bonchev–Trinajstić information content (AvgIpc) is 3.61. The summed E-state index contributed by atoms with van der Waals surface area (Å²) in [6.07, 6.45) is 13.3. The maximum atomic E-state index is 11.0. The molecule has 0 bridgehead atoms. The molecule has 12 atom stereocenters. The minimum Gasteiger partial charge on any atom is -0.388 e. The van der Waals surface area contributed by atoms with Gasteiger partial charge in [0.1, 0.15) is 6.10 Å². The maximum absolute atomic E-state index is 11.0. The van der Waals surface area contributed by atoms with E-state index >= 15 is 0 Å². The van der Waals surface area contributed by atoms with Crippen LogP contribution in [0.5, 0.6) is 0 Å². The summed E-state index contributed by atoms with van der Waals surface area (Å²) in [5.41, 5.74) is 0.737. The molecule has 1 N–H and O–H groups in total. The number of hydrogen-bond acceptors (Lipinski definition) is 7. The number of hydrogen-bond donors (Lipinski definition) is 1. The third-order valence-electron chi connectivity index (χ3n) is 16.5. The minimum absolute atomic E-state index is 0.00308. The second-order valence-electron chi connectivity index (χ2n) is 19.5. The first-order valence-electron chi connectivity index (χ1n) is 21.0. The molecule has 3 saturated heterocycles. The van der Waals surface area contributed by atoms with Crippen LogP contribution in [-0.2, 0) is 18.9 Å². The predicted molar refractivity (Wildman–Crippen MR) is 195 cm³/mol. The lowest BCUT2D eigenvalue weighted by Gasteiger charge is -2.60. The van der Waals surface area contributed by atoms with E-state index in [9.17, 15) is 5.11 Å². The molecule has 282 valence electrons. The second kappa shape index (κ2) is 13.2. The molecule has 7 heteroatoms. The zero-order valence-electron chi connectivity index (χ0n) is 33.1. The van der Waals surface area contributed by atoms with Gasteiger partial charge in [0.25, 0.3) is 0 Å². The molecule has 8 rings (SSSR count). The van der Waals surface area contributed by atoms with Crippen molar-refractivity contribution in [3.63, 3.8) is 0 Å². The molecule has 8 fully saturated rings. The highest BCUT2D eigenvalue weighted by Crippen LogP contribution is 2.87. The van der Waals surface area contributed by atoms with Crippen LogP contribution >= 0.6 is 0 Å².